The van der Waals surface area contributed by atoms with Gasteiger partial charge in [0, 0.05) is 24.8 Å². The van der Waals surface area contributed by atoms with Crippen LogP contribution in [0.1, 0.15) is 122 Å². The molecule has 31 atom stereocenters. The predicted molar refractivity (Wildman–Crippen MR) is 304 cm³/mol. The van der Waals surface area contributed by atoms with Crippen molar-refractivity contribution < 1.29 is 138 Å². The molecule has 5 aliphatic carbocycles. The lowest BCUT2D eigenvalue weighted by atomic mass is 9.32. The van der Waals surface area contributed by atoms with Crippen LogP contribution in [0.4, 0.5) is 0 Å². The highest BCUT2D eigenvalue weighted by Gasteiger charge is 2.76. The Hall–Kier alpha value is -3.44. The van der Waals surface area contributed by atoms with Crippen molar-refractivity contribution >= 4 is 23.9 Å². The van der Waals surface area contributed by atoms with Crippen molar-refractivity contribution in [3.8, 4) is 0 Å². The summed E-state index contributed by atoms with van der Waals surface area (Å²) in [5.41, 5.74) is -5.30. The third kappa shape index (κ3) is 11.5. The van der Waals surface area contributed by atoms with E-state index in [1.165, 1.54) is 13.0 Å². The quantitative estimate of drug-likeness (QED) is 0.0282. The molecule has 9 aliphatic rings. The highest BCUT2D eigenvalue weighted by molar-refractivity contribution is 5.87. The zero-order valence-corrected chi connectivity index (χ0v) is 53.0. The van der Waals surface area contributed by atoms with E-state index in [0.717, 1.165) is 19.4 Å². The molecule has 9 rings (SSSR count). The van der Waals surface area contributed by atoms with E-state index < -0.39 is 229 Å². The lowest BCUT2D eigenvalue weighted by Gasteiger charge is -2.73. The van der Waals surface area contributed by atoms with E-state index in [1.54, 1.807) is 13.8 Å². The maximum Gasteiger partial charge on any atom is 0.335 e. The predicted octanol–water partition coefficient (Wildman–Crippen LogP) is -1.26. The summed E-state index contributed by atoms with van der Waals surface area (Å²) in [7, 11) is 0. The van der Waals surface area contributed by atoms with E-state index >= 15 is 0 Å². The number of esters is 3. The molecule has 4 heterocycles. The molecule has 0 aromatic heterocycles. The molecule has 0 aromatic carbocycles. The van der Waals surface area contributed by atoms with Crippen molar-refractivity contribution in [3.05, 3.63) is 23.3 Å². The molecular formula is C62H96O28. The van der Waals surface area contributed by atoms with Crippen molar-refractivity contribution in [2.75, 3.05) is 19.8 Å². The van der Waals surface area contributed by atoms with Crippen LogP contribution in [0, 0.1) is 50.2 Å². The molecule has 512 valence electrons. The standard InChI is InChI=1S/C62H96O28/c1-13-24(2)52(79)86-42-25(3)80-55(41(74)44(42)81-26(4)66)90-49-50(82-27(5)67)62(23-65)29(20-57(49,6)7)28-14-15-33-59(10)18-17-34(58(8,9)32(59)16-19-60(33,11)61(28,12)47(75)48(62)76)85-56-46(89-54-39(72)37(70)35(68)30(21-63)83-54)43(40(73)45(88-56)51(77)78)87-53-38(71)36(69)31(22-64)84-53/h13-14,25,29-50,53-56,63-65,68-76H,15-23H2,1-12H3,(H,77,78)/b24-13-/t25-,29?,30+,31+,32?,33?,34-,35-,36+,37-,38-,39+,40-,41+,42-,43-,44-,45-,46+,47+,48-,49-,50+,53+,54-,55-,56-,59-,60+,61-,62-/m0/s1. The summed E-state index contributed by atoms with van der Waals surface area (Å²) in [5, 5.41) is 147. The average molecular weight is 1290 g/mol. The Bertz CT molecular complexity index is 2690. The number of aliphatic hydroxyl groups is 12. The minimum Gasteiger partial charge on any atom is -0.479 e. The summed E-state index contributed by atoms with van der Waals surface area (Å²) >= 11 is 0. The van der Waals surface area contributed by atoms with Gasteiger partial charge >= 0.3 is 23.9 Å². The molecule has 28 heteroatoms. The Labute approximate surface area is 522 Å². The molecule has 4 saturated heterocycles. The zero-order chi connectivity index (χ0) is 66.6. The molecule has 4 saturated carbocycles. The smallest absolute Gasteiger partial charge is 0.335 e. The fraction of sp³-hybridized carbons (Fsp3) is 0.871. The van der Waals surface area contributed by atoms with E-state index in [0.29, 0.717) is 25.7 Å². The van der Waals surface area contributed by atoms with Gasteiger partial charge in [0.05, 0.1) is 49.7 Å². The second kappa shape index (κ2) is 25.9. The van der Waals surface area contributed by atoms with Crippen LogP contribution < -0.4 is 0 Å². The lowest BCUT2D eigenvalue weighted by molar-refractivity contribution is -0.386. The van der Waals surface area contributed by atoms with Crippen molar-refractivity contribution in [3.63, 3.8) is 0 Å². The number of carboxylic acids is 1. The van der Waals surface area contributed by atoms with Gasteiger partial charge in [-0.1, -0.05) is 66.2 Å². The van der Waals surface area contributed by atoms with E-state index in [9.17, 15) is 85.6 Å². The monoisotopic (exact) mass is 1290 g/mol. The van der Waals surface area contributed by atoms with Gasteiger partial charge in [-0.05, 0) is 98.7 Å². The highest BCUT2D eigenvalue weighted by Crippen LogP contribution is 2.76. The number of hydrogen-bond acceptors (Lipinski definition) is 27. The van der Waals surface area contributed by atoms with Crippen LogP contribution in [0.5, 0.6) is 0 Å². The highest BCUT2D eigenvalue weighted by atomic mass is 16.8. The summed E-state index contributed by atoms with van der Waals surface area (Å²) in [6.45, 7) is 18.5. The topological polar surface area (TPSA) is 433 Å². The Morgan fingerprint density at radius 1 is 0.600 bits per heavy atom. The summed E-state index contributed by atoms with van der Waals surface area (Å²) in [6.07, 6.45) is -34.1. The van der Waals surface area contributed by atoms with Gasteiger partial charge in [-0.25, -0.2) is 9.59 Å². The summed E-state index contributed by atoms with van der Waals surface area (Å²) in [4.78, 5) is 51.9. The molecule has 90 heavy (non-hydrogen) atoms. The normalized spacial score (nSPS) is 49.8. The second-order valence-corrected chi connectivity index (χ2v) is 28.6. The average Bonchev–Trinajstić information content (AvgIpc) is 0.713. The molecule has 8 fully saturated rings. The summed E-state index contributed by atoms with van der Waals surface area (Å²) in [6, 6.07) is 0. The Kier molecular flexibility index (Phi) is 20.4. The Morgan fingerprint density at radius 3 is 1.74 bits per heavy atom. The van der Waals surface area contributed by atoms with Gasteiger partial charge in [-0.3, -0.25) is 9.59 Å². The van der Waals surface area contributed by atoms with Crippen LogP contribution in [-0.2, 0) is 71.3 Å². The molecule has 0 radical (unpaired) electrons. The number of hydrogen-bond donors (Lipinski definition) is 13. The first-order valence-electron chi connectivity index (χ1n) is 31.3. The van der Waals surface area contributed by atoms with Gasteiger partial charge in [0.25, 0.3) is 0 Å². The summed E-state index contributed by atoms with van der Waals surface area (Å²) in [5.74, 6) is -5.21. The Balaban J connectivity index is 1.02. The fourth-order valence-electron chi connectivity index (χ4n) is 17.9. The van der Waals surface area contributed by atoms with Gasteiger partial charge in [0.15, 0.2) is 43.5 Å². The van der Waals surface area contributed by atoms with Crippen molar-refractivity contribution in [1.82, 2.24) is 0 Å². The van der Waals surface area contributed by atoms with Gasteiger partial charge in [0.2, 0.25) is 0 Å². The molecule has 13 N–H and O–H groups in total. The number of fused-ring (bicyclic) bond motifs is 7. The minimum absolute atomic E-state index is 0.178. The third-order valence-corrected chi connectivity index (χ3v) is 23.0. The van der Waals surface area contributed by atoms with E-state index in [1.807, 2.05) is 34.6 Å². The van der Waals surface area contributed by atoms with Crippen LogP contribution in [0.3, 0.4) is 0 Å². The second-order valence-electron chi connectivity index (χ2n) is 28.6. The number of allylic oxidation sites excluding steroid dienone is 2. The molecule has 4 aliphatic heterocycles. The van der Waals surface area contributed by atoms with Crippen molar-refractivity contribution in [1.29, 1.82) is 0 Å². The largest absolute Gasteiger partial charge is 0.479 e. The summed E-state index contributed by atoms with van der Waals surface area (Å²) < 4.78 is 67.0. The van der Waals surface area contributed by atoms with E-state index in [4.69, 9.17) is 52.1 Å². The first-order chi connectivity index (χ1) is 42.0. The van der Waals surface area contributed by atoms with Crippen LogP contribution in [0.2, 0.25) is 0 Å². The molecule has 3 unspecified atom stereocenters. The van der Waals surface area contributed by atoms with Gasteiger partial charge in [-0.2, -0.15) is 0 Å². The number of carboxylic acid groups (broad SMARTS) is 1. The minimum atomic E-state index is -2.15. The van der Waals surface area contributed by atoms with Crippen LogP contribution in [-0.4, -0.2) is 257 Å². The molecule has 0 amide bonds. The maximum absolute atomic E-state index is 13.4. The van der Waals surface area contributed by atoms with Crippen molar-refractivity contribution in [2.45, 2.75) is 269 Å². The molecule has 0 aromatic rings. The number of carbonyl (C=O) groups is 4. The first-order valence-corrected chi connectivity index (χ1v) is 31.3. The van der Waals surface area contributed by atoms with Crippen LogP contribution >= 0.6 is 0 Å². The molecular weight excluding hydrogens is 1190 g/mol. The number of aliphatic carboxylic acids is 1. The third-order valence-electron chi connectivity index (χ3n) is 23.0. The van der Waals surface area contributed by atoms with Gasteiger partial charge in [0.1, 0.15) is 79.4 Å². The van der Waals surface area contributed by atoms with Crippen LogP contribution in [0.25, 0.3) is 0 Å². The van der Waals surface area contributed by atoms with Gasteiger partial charge in [-0.15, -0.1) is 0 Å². The lowest BCUT2D eigenvalue weighted by Crippen LogP contribution is -2.77. The molecule has 28 nitrogen and oxygen atoms in total. The van der Waals surface area contributed by atoms with Gasteiger partial charge < -0.3 is 118 Å². The Morgan fingerprint density at radius 2 is 1.18 bits per heavy atom. The zero-order valence-electron chi connectivity index (χ0n) is 53.0. The SMILES string of the molecule is C/C=C(/C)C(=O)O[C@@H]1[C@@H](OC(C)=O)[C@@H](O)[C@H](O[C@H]2[C@@H](OC(C)=O)[C@@]3(CO)C(CC2(C)C)C2=CCC4[C@@]5(C)CC[C@H](O[C@H]6O[C@H](C(=O)O)[C@@H](O)[C@H](O[C@H]7O[C@H](CO)[C@@H](O)[C@@H]7O)[C@H]6O[C@@H]6O[C@H](CO)[C@H](O)[C@H](O)[C@H]6O)C(C)(C)C5CC[C@@]4(C)[C@]2(C)[C@H](O)[C@@H]3O)O[C@H]1C. The number of carbonyl (C=O) groups excluding carboxylic acids is 3. The van der Waals surface area contributed by atoms with E-state index in [-0.39, 0.29) is 30.3 Å². The maximum atomic E-state index is 13.4. The molecule has 0 spiro atoms. The number of ether oxygens (including phenoxy) is 11. The molecule has 0 bridgehead atoms. The number of rotatable bonds is 16. The first kappa shape index (κ1) is 70.9. The van der Waals surface area contributed by atoms with Crippen molar-refractivity contribution in [2.24, 2.45) is 50.2 Å². The number of aliphatic hydroxyl groups excluding tert-OH is 12. The van der Waals surface area contributed by atoms with Crippen LogP contribution in [0.15, 0.2) is 23.3 Å². The van der Waals surface area contributed by atoms with E-state index in [2.05, 4.69) is 19.9 Å². The fourth-order valence-corrected chi connectivity index (χ4v) is 17.9.